The van der Waals surface area contributed by atoms with Crippen LogP contribution >= 0.6 is 15.8 Å². The SMILES string of the molecule is CC#N.CC#N.CC(C)(C)[PH+](Cc1cccc(C[PH+](C(C)(C)C)C(C)(C)C)n1)C(C)(C)C.F[B-](F)(F)F.F[B-](F)(F)F.[Ni+2]. The molecule has 0 amide bonds. The number of nitrogens with zero attached hydrogens (tertiary/aromatic N) is 3. The molecule has 0 fully saturated rings. The molecule has 1 aromatic rings. The third kappa shape index (κ3) is 37.2. The van der Waals surface area contributed by atoms with E-state index in [0.29, 0.717) is 20.6 Å². The Kier molecular flexibility index (Phi) is 26.1. The molecule has 0 aliphatic carbocycles. The molecule has 0 N–H and O–H groups in total. The van der Waals surface area contributed by atoms with Gasteiger partial charge in [-0.3, -0.25) is 4.98 Å². The van der Waals surface area contributed by atoms with Gasteiger partial charge in [0.05, 0.1) is 56.5 Å². The van der Waals surface area contributed by atoms with Crippen molar-refractivity contribution in [3.63, 3.8) is 0 Å². The molecule has 0 saturated heterocycles. The number of rotatable bonds is 4. The second-order valence-electron chi connectivity index (χ2n) is 13.4. The predicted octanol–water partition coefficient (Wildman–Crippen LogP) is 11.4. The van der Waals surface area contributed by atoms with Crippen LogP contribution in [-0.2, 0) is 28.8 Å². The molecule has 1 heterocycles. The topological polar surface area (TPSA) is 60.5 Å². The van der Waals surface area contributed by atoms with Crippen molar-refractivity contribution in [3.05, 3.63) is 29.6 Å². The Balaban J connectivity index is -0.000000233. The second kappa shape index (κ2) is 21.7. The van der Waals surface area contributed by atoms with Crippen molar-refractivity contribution in [3.8, 4) is 12.1 Å². The van der Waals surface area contributed by atoms with Gasteiger partial charge < -0.3 is 34.5 Å². The van der Waals surface area contributed by atoms with E-state index in [9.17, 15) is 34.5 Å². The summed E-state index contributed by atoms with van der Waals surface area (Å²) in [5.41, 5.74) is 2.62. The molecule has 0 saturated carbocycles. The largest absolute Gasteiger partial charge is 2.00 e. The van der Waals surface area contributed by atoms with Gasteiger partial charge in [0.25, 0.3) is 0 Å². The maximum absolute atomic E-state index is 9.75. The monoisotopic (exact) mass is 711 g/mol. The van der Waals surface area contributed by atoms with Crippen molar-refractivity contribution in [2.45, 2.75) is 130 Å². The molecule has 1 rings (SSSR count). The van der Waals surface area contributed by atoms with E-state index in [1.165, 1.54) is 37.6 Å². The van der Waals surface area contributed by atoms with Gasteiger partial charge in [0.2, 0.25) is 0 Å². The van der Waals surface area contributed by atoms with Crippen LogP contribution in [0.5, 0.6) is 0 Å². The van der Waals surface area contributed by atoms with E-state index in [-0.39, 0.29) is 16.5 Å². The van der Waals surface area contributed by atoms with Gasteiger partial charge in [-0.25, -0.2) is 0 Å². The van der Waals surface area contributed by atoms with Crippen molar-refractivity contribution in [1.82, 2.24) is 4.98 Å². The Labute approximate surface area is 268 Å². The molecule has 254 valence electrons. The molecule has 0 bridgehead atoms. The molecule has 0 aliphatic heterocycles. The number of halogens is 8. The Morgan fingerprint density at radius 2 is 0.744 bits per heavy atom. The minimum absolute atomic E-state index is 0. The molecule has 0 unspecified atom stereocenters. The van der Waals surface area contributed by atoms with Crippen LogP contribution in [0, 0.1) is 22.7 Å². The summed E-state index contributed by atoms with van der Waals surface area (Å²) in [6.07, 6.45) is 2.33. The van der Waals surface area contributed by atoms with Gasteiger partial charge in [-0.05, 0) is 95.2 Å². The summed E-state index contributed by atoms with van der Waals surface area (Å²) in [5, 5.41) is 16.2. The molecule has 43 heavy (non-hydrogen) atoms. The van der Waals surface area contributed by atoms with Gasteiger partial charge in [0, 0.05) is 29.7 Å². The van der Waals surface area contributed by atoms with Crippen LogP contribution in [0.1, 0.15) is 108 Å². The van der Waals surface area contributed by atoms with Crippen molar-refractivity contribution < 1.29 is 51.0 Å². The fourth-order valence-corrected chi connectivity index (χ4v) is 12.1. The maximum atomic E-state index is 9.75. The van der Waals surface area contributed by atoms with E-state index in [0.717, 1.165) is 0 Å². The zero-order valence-corrected chi connectivity index (χ0v) is 31.0. The maximum Gasteiger partial charge on any atom is 2.00 e. The summed E-state index contributed by atoms with van der Waals surface area (Å²) in [4.78, 5) is 5.16. The van der Waals surface area contributed by atoms with E-state index >= 15 is 0 Å². The number of aromatic nitrogens is 1. The third-order valence-corrected chi connectivity index (χ3v) is 13.9. The minimum atomic E-state index is -6.00. The number of pyridine rings is 1. The fourth-order valence-electron chi connectivity index (χ4n) is 4.40. The molecular weight excluding hydrogens is 661 g/mol. The first kappa shape index (κ1) is 51.6. The van der Waals surface area contributed by atoms with Crippen molar-refractivity contribution in [2.75, 3.05) is 0 Å². The molecule has 0 spiro atoms. The first-order valence-corrected chi connectivity index (χ1v) is 16.7. The summed E-state index contributed by atoms with van der Waals surface area (Å²) in [6, 6.07) is 10.3. The molecule has 0 aliphatic rings. The molecule has 1 aromatic heterocycles. The predicted molar refractivity (Wildman–Crippen MR) is 170 cm³/mol. The van der Waals surface area contributed by atoms with Crippen molar-refractivity contribution in [1.29, 1.82) is 10.5 Å². The zero-order chi connectivity index (χ0) is 35.0. The molecule has 0 aromatic carbocycles. The number of hydrogen-bond acceptors (Lipinski definition) is 3. The quantitative estimate of drug-likeness (QED) is 0.177. The minimum Gasteiger partial charge on any atom is -0.418 e. The third-order valence-electron chi connectivity index (χ3n) is 5.20. The van der Waals surface area contributed by atoms with Crippen LogP contribution in [-0.4, -0.2) is 40.1 Å². The fraction of sp³-hybridized carbons (Fsp3) is 0.741. The summed E-state index contributed by atoms with van der Waals surface area (Å²) < 4.78 is 78.0. The van der Waals surface area contributed by atoms with Gasteiger partial charge >= 0.3 is 31.0 Å². The van der Waals surface area contributed by atoms with Crippen LogP contribution in [0.3, 0.4) is 0 Å². The molecule has 0 radical (unpaired) electrons. The number of hydrogen-bond donors (Lipinski definition) is 0. The van der Waals surface area contributed by atoms with Gasteiger partial charge in [0.15, 0.2) is 0 Å². The zero-order valence-electron chi connectivity index (χ0n) is 28.0. The van der Waals surface area contributed by atoms with E-state index in [4.69, 9.17) is 15.5 Å². The van der Waals surface area contributed by atoms with E-state index in [1.807, 2.05) is 0 Å². The van der Waals surface area contributed by atoms with Gasteiger partial charge in [-0.2, -0.15) is 10.5 Å². The van der Waals surface area contributed by atoms with E-state index in [2.05, 4.69) is 101 Å². The van der Waals surface area contributed by atoms with Gasteiger partial charge in [0.1, 0.15) is 0 Å². The van der Waals surface area contributed by atoms with E-state index in [1.54, 1.807) is 12.1 Å². The standard InChI is InChI=1S/C23H43NP2.2C2H3N.2BF4.Ni/c1-20(2,3)25(21(4,5)6)16-18-14-13-15-19(24-18)17-26(22(7,8)9)23(10,11)12;2*1-2-3;2*2-1(3,4)5;/h13-15H,16-17H2,1-12H3;2*1H3;;;/q;;;2*-1;+2/p+2. The van der Waals surface area contributed by atoms with Crippen LogP contribution < -0.4 is 0 Å². The van der Waals surface area contributed by atoms with Crippen LogP contribution in [0.2, 0.25) is 0 Å². The first-order chi connectivity index (χ1) is 18.2. The molecule has 16 heteroatoms. The Morgan fingerprint density at radius 1 is 0.581 bits per heavy atom. The van der Waals surface area contributed by atoms with Crippen LogP contribution in [0.15, 0.2) is 18.2 Å². The number of nitriles is 2. The average Bonchev–Trinajstić information content (AvgIpc) is 2.66. The summed E-state index contributed by atoms with van der Waals surface area (Å²) in [7, 11) is -13.2. The smallest absolute Gasteiger partial charge is 0.418 e. The van der Waals surface area contributed by atoms with Gasteiger partial charge in [-0.15, -0.1) is 0 Å². The van der Waals surface area contributed by atoms with Crippen molar-refractivity contribution in [2.24, 2.45) is 0 Å². The van der Waals surface area contributed by atoms with E-state index < -0.39 is 30.4 Å². The average molecular weight is 712 g/mol. The van der Waals surface area contributed by atoms with Crippen molar-refractivity contribution >= 4 is 30.4 Å². The second-order valence-corrected chi connectivity index (χ2v) is 22.0. The first-order valence-electron chi connectivity index (χ1n) is 13.3. The van der Waals surface area contributed by atoms with Gasteiger partial charge in [-0.1, -0.05) is 6.07 Å². The molecule has 0 atom stereocenters. The Hall–Kier alpha value is -0.947. The molecular formula is C27H51B2F8N3NiP2+2. The van der Waals surface area contributed by atoms with Crippen LogP contribution in [0.4, 0.5) is 34.5 Å². The Morgan fingerprint density at radius 3 is 0.884 bits per heavy atom. The Bertz CT molecular complexity index is 843. The normalized spacial score (nSPS) is 11.9. The molecule has 3 nitrogen and oxygen atoms in total. The van der Waals surface area contributed by atoms with Crippen LogP contribution in [0.25, 0.3) is 0 Å². The summed E-state index contributed by atoms with van der Waals surface area (Å²) in [5.74, 6) is 0. The summed E-state index contributed by atoms with van der Waals surface area (Å²) in [6.45, 7) is 31.8. The summed E-state index contributed by atoms with van der Waals surface area (Å²) >= 11 is 0.